The first-order chi connectivity index (χ1) is 24.6. The van der Waals surface area contributed by atoms with Crippen LogP contribution in [0.2, 0.25) is 15.1 Å². The maximum Gasteiger partial charge on any atom is 0.323 e. The highest BCUT2D eigenvalue weighted by molar-refractivity contribution is 6.37. The van der Waals surface area contributed by atoms with Gasteiger partial charge < -0.3 is 29.3 Å². The second kappa shape index (κ2) is 15.3. The predicted molar refractivity (Wildman–Crippen MR) is 198 cm³/mol. The average molecular weight is 781 g/mol. The van der Waals surface area contributed by atoms with Crippen molar-refractivity contribution in [1.29, 1.82) is 0 Å². The minimum atomic E-state index is -1.58. The highest BCUT2D eigenvalue weighted by atomic mass is 35.5. The summed E-state index contributed by atoms with van der Waals surface area (Å²) in [6.07, 6.45) is 0.319. The van der Waals surface area contributed by atoms with Crippen molar-refractivity contribution in [2.24, 2.45) is 23.7 Å². The minimum Gasteiger partial charge on any atom is -0.489 e. The Kier molecular flexibility index (Phi) is 11.5. The fourth-order valence-electron chi connectivity index (χ4n) is 8.80. The van der Waals surface area contributed by atoms with Crippen LogP contribution in [0.3, 0.4) is 0 Å². The van der Waals surface area contributed by atoms with E-state index in [1.807, 2.05) is 27.0 Å². The number of rotatable bonds is 10. The van der Waals surface area contributed by atoms with Gasteiger partial charge in [0.05, 0.1) is 20.8 Å². The van der Waals surface area contributed by atoms with E-state index < -0.39 is 53.5 Å². The van der Waals surface area contributed by atoms with Gasteiger partial charge in [0.25, 0.3) is 0 Å². The number of esters is 2. The number of carbonyl (C=O) groups excluding carboxylic acids is 2. The van der Waals surface area contributed by atoms with Crippen LogP contribution in [0.5, 0.6) is 5.75 Å². The Morgan fingerprint density at radius 3 is 2.46 bits per heavy atom. The van der Waals surface area contributed by atoms with Gasteiger partial charge >= 0.3 is 11.9 Å². The Labute approximate surface area is 320 Å². The summed E-state index contributed by atoms with van der Waals surface area (Å²) < 4.78 is 18.0. The number of anilines is 1. The number of nitrogens with zero attached hydrogens (tertiary/aromatic N) is 2. The second-order valence-electron chi connectivity index (χ2n) is 15.0. The molecule has 1 saturated carbocycles. The van der Waals surface area contributed by atoms with Crippen LogP contribution in [0.25, 0.3) is 0 Å². The van der Waals surface area contributed by atoms with E-state index in [4.69, 9.17) is 53.9 Å². The summed E-state index contributed by atoms with van der Waals surface area (Å²) in [5.74, 6) is -1.32. The van der Waals surface area contributed by atoms with E-state index >= 15 is 0 Å². The molecular formula is C38H48Cl3N3O8. The SMILES string of the molecule is CC(=O)O[C@@H]1C(C)=C[C@@H]2[C@H](C(C)CN(C)CCOc3c(Cl)cccc3Cl)CC[C@@H](C)[C@]2(O)[C@H]1OC(=O)[C@@H]1C[C@@]2(O)c3cccc(Cl)c3N(C)O[C@H]2N1. The summed E-state index contributed by atoms with van der Waals surface area (Å²) >= 11 is 19.0. The number of nitrogens with one attached hydrogen (secondary N) is 1. The highest BCUT2D eigenvalue weighted by Gasteiger charge is 2.62. The molecule has 284 valence electrons. The molecular weight excluding hydrogens is 733 g/mol. The first-order valence-corrected chi connectivity index (χ1v) is 18.9. The molecule has 0 spiro atoms. The average Bonchev–Trinajstić information content (AvgIpc) is 3.42. The Morgan fingerprint density at radius 1 is 1.10 bits per heavy atom. The Balaban J connectivity index is 1.20. The normalized spacial score (nSPS) is 33.0. The van der Waals surface area contributed by atoms with Crippen molar-refractivity contribution in [1.82, 2.24) is 10.2 Å². The van der Waals surface area contributed by atoms with Crippen molar-refractivity contribution in [2.75, 3.05) is 38.9 Å². The number of benzene rings is 2. The zero-order valence-electron chi connectivity index (χ0n) is 30.3. The lowest BCUT2D eigenvalue weighted by Gasteiger charge is -2.56. The Hall–Kier alpha value is -2.61. The molecule has 1 unspecified atom stereocenters. The summed E-state index contributed by atoms with van der Waals surface area (Å²) in [7, 11) is 3.70. The van der Waals surface area contributed by atoms with Crippen molar-refractivity contribution in [3.05, 3.63) is 68.7 Å². The lowest BCUT2D eigenvalue weighted by atomic mass is 9.55. The molecule has 0 aromatic heterocycles. The molecule has 2 aromatic carbocycles. The molecule has 2 fully saturated rings. The molecule has 52 heavy (non-hydrogen) atoms. The van der Waals surface area contributed by atoms with E-state index in [0.29, 0.717) is 63.8 Å². The van der Waals surface area contributed by atoms with Crippen molar-refractivity contribution in [2.45, 2.75) is 82.6 Å². The largest absolute Gasteiger partial charge is 0.489 e. The smallest absolute Gasteiger partial charge is 0.323 e. The van der Waals surface area contributed by atoms with Crippen LogP contribution in [0.4, 0.5) is 5.69 Å². The second-order valence-corrected chi connectivity index (χ2v) is 16.2. The van der Waals surface area contributed by atoms with Crippen LogP contribution in [0.15, 0.2) is 48.0 Å². The van der Waals surface area contributed by atoms with Crippen LogP contribution in [0, 0.1) is 23.7 Å². The molecule has 0 bridgehead atoms. The number of hydrogen-bond donors (Lipinski definition) is 3. The summed E-state index contributed by atoms with van der Waals surface area (Å²) in [4.78, 5) is 34.7. The molecule has 14 heteroatoms. The van der Waals surface area contributed by atoms with E-state index in [1.165, 1.54) is 12.0 Å². The zero-order chi connectivity index (χ0) is 37.7. The monoisotopic (exact) mass is 779 g/mol. The van der Waals surface area contributed by atoms with E-state index in [9.17, 15) is 19.8 Å². The number of aliphatic hydroxyl groups is 2. The molecule has 2 aliphatic carbocycles. The summed E-state index contributed by atoms with van der Waals surface area (Å²) in [6, 6.07) is 9.44. The number of para-hydroxylation sites is 2. The van der Waals surface area contributed by atoms with Gasteiger partial charge in [0.2, 0.25) is 0 Å². The van der Waals surface area contributed by atoms with Gasteiger partial charge in [-0.15, -0.1) is 0 Å². The highest BCUT2D eigenvalue weighted by Crippen LogP contribution is 2.53. The topological polar surface area (TPSA) is 130 Å². The first kappa shape index (κ1) is 39.1. The van der Waals surface area contributed by atoms with Crippen LogP contribution >= 0.6 is 34.8 Å². The number of halogens is 3. The molecule has 0 radical (unpaired) electrons. The fourth-order valence-corrected chi connectivity index (χ4v) is 9.60. The fraction of sp³-hybridized carbons (Fsp3) is 0.579. The first-order valence-electron chi connectivity index (χ1n) is 17.8. The summed E-state index contributed by atoms with van der Waals surface area (Å²) in [5, 5.41) is 30.6. The molecule has 4 aliphatic rings. The van der Waals surface area contributed by atoms with Crippen LogP contribution < -0.4 is 15.1 Å². The predicted octanol–water partition coefficient (Wildman–Crippen LogP) is 5.75. The van der Waals surface area contributed by atoms with Gasteiger partial charge in [-0.3, -0.25) is 24.8 Å². The molecule has 10 atom stereocenters. The zero-order valence-corrected chi connectivity index (χ0v) is 32.5. The van der Waals surface area contributed by atoms with E-state index in [1.54, 1.807) is 43.4 Å². The standard InChI is InChI=1S/C38H48Cl3N3O8/c1-20-17-26-24(21(2)19-43(5)15-16-49-33-28(40)11-8-12-29(33)41)14-13-22(3)38(26,48)34(32(20)50-23(4)45)51-35(46)30-18-37(47)25-9-7-10-27(39)31(25)44(6)52-36(37)42-30/h7-12,17,21-22,24,26,30,32,34,36,42,47-48H,13-16,18-19H2,1-6H3/t21?,22-,24+,26-,30+,32-,34+,36-,37-,38-/m1/s1. The lowest BCUT2D eigenvalue weighted by Crippen LogP contribution is -2.66. The molecule has 2 heterocycles. The molecule has 11 nitrogen and oxygen atoms in total. The van der Waals surface area contributed by atoms with E-state index in [0.717, 1.165) is 6.42 Å². The molecule has 2 aromatic rings. The maximum atomic E-state index is 14.1. The van der Waals surface area contributed by atoms with Crippen molar-refractivity contribution < 1.29 is 38.9 Å². The van der Waals surface area contributed by atoms with Gasteiger partial charge in [0, 0.05) is 45.0 Å². The lowest BCUT2D eigenvalue weighted by molar-refractivity contribution is -0.225. The molecule has 3 N–H and O–H groups in total. The summed E-state index contributed by atoms with van der Waals surface area (Å²) in [5.41, 5.74) is -1.39. The van der Waals surface area contributed by atoms with Gasteiger partial charge in [-0.1, -0.05) is 72.9 Å². The van der Waals surface area contributed by atoms with Gasteiger partial charge in [0.1, 0.15) is 23.9 Å². The van der Waals surface area contributed by atoms with Gasteiger partial charge in [0.15, 0.2) is 24.2 Å². The van der Waals surface area contributed by atoms with Crippen molar-refractivity contribution in [3.63, 3.8) is 0 Å². The number of hydroxylamine groups is 1. The summed E-state index contributed by atoms with van der Waals surface area (Å²) in [6.45, 7) is 8.96. The Morgan fingerprint density at radius 2 is 1.77 bits per heavy atom. The minimum absolute atomic E-state index is 0.0235. The number of ether oxygens (including phenoxy) is 3. The van der Waals surface area contributed by atoms with Gasteiger partial charge in [-0.2, -0.15) is 0 Å². The number of fused-ring (bicyclic) bond motifs is 4. The number of hydrogen-bond acceptors (Lipinski definition) is 11. The number of carbonyl (C=O) groups is 2. The van der Waals surface area contributed by atoms with Crippen molar-refractivity contribution >= 4 is 52.4 Å². The third-order valence-electron chi connectivity index (χ3n) is 11.5. The third-order valence-corrected chi connectivity index (χ3v) is 12.4. The van der Waals surface area contributed by atoms with Crippen LogP contribution in [-0.4, -0.2) is 90.9 Å². The molecule has 6 rings (SSSR count). The Bertz CT molecular complexity index is 1690. The van der Waals surface area contributed by atoms with E-state index in [2.05, 4.69) is 17.1 Å². The van der Waals surface area contributed by atoms with Crippen molar-refractivity contribution in [3.8, 4) is 5.75 Å². The molecule has 2 aliphatic heterocycles. The van der Waals surface area contributed by atoms with Gasteiger partial charge in [-0.05, 0) is 68.3 Å². The molecule has 1 saturated heterocycles. The third kappa shape index (κ3) is 7.15. The maximum absolute atomic E-state index is 14.1. The number of likely N-dealkylation sites (N-methyl/N-ethyl adjacent to an activating group) is 1. The van der Waals surface area contributed by atoms with E-state index in [-0.39, 0.29) is 24.2 Å². The quantitative estimate of drug-likeness (QED) is 0.202. The van der Waals surface area contributed by atoms with Crippen LogP contribution in [-0.2, 0) is 29.5 Å². The molecule has 0 amide bonds. The van der Waals surface area contributed by atoms with Crippen LogP contribution in [0.1, 0.15) is 52.5 Å². The van der Waals surface area contributed by atoms with Gasteiger partial charge in [-0.25, -0.2) is 0 Å².